The van der Waals surface area contributed by atoms with Crippen molar-refractivity contribution in [2.75, 3.05) is 18.5 Å². The summed E-state index contributed by atoms with van der Waals surface area (Å²) in [5.74, 6) is 0.270. The van der Waals surface area contributed by atoms with E-state index in [1.807, 2.05) is 0 Å². The van der Waals surface area contributed by atoms with Crippen LogP contribution in [0.5, 0.6) is 11.5 Å². The quantitative estimate of drug-likeness (QED) is 0.517. The molecule has 0 fully saturated rings. The van der Waals surface area contributed by atoms with E-state index in [4.69, 9.17) is 20.9 Å². The van der Waals surface area contributed by atoms with Crippen molar-refractivity contribution in [3.8, 4) is 11.5 Å². The third-order valence-electron chi connectivity index (χ3n) is 3.15. The number of amides is 2. The van der Waals surface area contributed by atoms with Crippen LogP contribution in [-0.4, -0.2) is 41.4 Å². The lowest BCUT2D eigenvalue weighted by atomic mass is 10.2. The van der Waals surface area contributed by atoms with E-state index < -0.39 is 11.2 Å². The summed E-state index contributed by atoms with van der Waals surface area (Å²) in [7, 11) is 0. The van der Waals surface area contributed by atoms with Gasteiger partial charge in [0.15, 0.2) is 22.6 Å². The minimum absolute atomic E-state index is 0.0368. The van der Waals surface area contributed by atoms with Crippen LogP contribution < -0.4 is 26.3 Å². The number of aliphatic imine (C=N–C) groups is 2. The number of nitrogens with two attached hydrogens (primary N) is 2. The number of ether oxygens (including phenoxy) is 2. The number of carbonyl (C=O) groups is 2. The highest BCUT2D eigenvalue weighted by Crippen LogP contribution is 2.33. The van der Waals surface area contributed by atoms with E-state index in [-0.39, 0.29) is 23.5 Å². The summed E-state index contributed by atoms with van der Waals surface area (Å²) in [6.07, 6.45) is -0.0368. The van der Waals surface area contributed by atoms with Gasteiger partial charge in [-0.15, -0.1) is 0 Å². The molecule has 0 aliphatic carbocycles. The second kappa shape index (κ2) is 6.79. The molecule has 3 rings (SSSR count). The molecular weight excluding hydrogens is 334 g/mol. The van der Waals surface area contributed by atoms with Gasteiger partial charge in [0.1, 0.15) is 18.5 Å². The topological polar surface area (TPSA) is 141 Å². The highest BCUT2D eigenvalue weighted by Gasteiger charge is 2.30. The van der Waals surface area contributed by atoms with Crippen LogP contribution >= 0.6 is 11.8 Å². The Hall–Kier alpha value is -2.75. The summed E-state index contributed by atoms with van der Waals surface area (Å²) in [5.41, 5.74) is 11.0. The molecule has 2 heterocycles. The fraction of sp³-hybridized carbons (Fsp3) is 0.286. The molecular formula is C14H15N5O4S. The second-order valence-corrected chi connectivity index (χ2v) is 6.16. The molecule has 0 saturated carbocycles. The van der Waals surface area contributed by atoms with Crippen LogP contribution in [0.3, 0.4) is 0 Å². The molecule has 126 valence electrons. The number of hydrogen-bond acceptors (Lipinski definition) is 6. The third kappa shape index (κ3) is 3.77. The van der Waals surface area contributed by atoms with Crippen LogP contribution in [0, 0.1) is 0 Å². The molecule has 2 amide bonds. The molecule has 10 heteroatoms. The zero-order valence-corrected chi connectivity index (χ0v) is 13.3. The fourth-order valence-corrected chi connectivity index (χ4v) is 3.11. The summed E-state index contributed by atoms with van der Waals surface area (Å²) in [4.78, 5) is 31.3. The lowest BCUT2D eigenvalue weighted by Crippen LogP contribution is -2.23. The Morgan fingerprint density at radius 3 is 2.83 bits per heavy atom. The van der Waals surface area contributed by atoms with Crippen molar-refractivity contribution >= 4 is 40.4 Å². The van der Waals surface area contributed by atoms with Crippen LogP contribution in [0.15, 0.2) is 28.2 Å². The molecule has 0 saturated heterocycles. The van der Waals surface area contributed by atoms with Crippen LogP contribution in [0.4, 0.5) is 5.69 Å². The molecule has 2 aliphatic heterocycles. The first-order chi connectivity index (χ1) is 11.5. The van der Waals surface area contributed by atoms with Crippen molar-refractivity contribution in [2.45, 2.75) is 11.7 Å². The molecule has 1 atom stereocenters. The Morgan fingerprint density at radius 1 is 1.33 bits per heavy atom. The summed E-state index contributed by atoms with van der Waals surface area (Å²) in [6, 6.07) is 5.10. The molecule has 0 spiro atoms. The number of rotatable bonds is 3. The number of fused-ring (bicyclic) bond motifs is 1. The minimum atomic E-state index is -0.639. The molecule has 0 unspecified atom stereocenters. The maximum atomic E-state index is 12.1. The lowest BCUT2D eigenvalue weighted by molar-refractivity contribution is -0.121. The smallest absolute Gasteiger partial charge is 0.262 e. The van der Waals surface area contributed by atoms with Crippen LogP contribution in [0.1, 0.15) is 6.42 Å². The standard InChI is InChI=1S/C14H15N5O4S/c15-13(16)19-14-18-12(21)10(24-14)6-11(20)17-7-1-2-8-9(5-7)23-4-3-22-8/h1-2,5,10H,3-4,6H2,(H,17,20)(H4,15,16,18,19,21)/t10-/m0/s1. The highest BCUT2D eigenvalue weighted by molar-refractivity contribution is 8.15. The summed E-state index contributed by atoms with van der Waals surface area (Å²) in [5, 5.41) is 2.24. The number of benzene rings is 1. The first kappa shape index (κ1) is 16.1. The Labute approximate surface area is 141 Å². The van der Waals surface area contributed by atoms with Crippen molar-refractivity contribution in [1.82, 2.24) is 0 Å². The SMILES string of the molecule is NC(N)=NC1=NC(=O)[C@H](CC(=O)Nc2ccc3c(c2)OCCO3)S1. The molecule has 0 aromatic heterocycles. The van der Waals surface area contributed by atoms with Gasteiger partial charge >= 0.3 is 0 Å². The van der Waals surface area contributed by atoms with Crippen molar-refractivity contribution in [3.63, 3.8) is 0 Å². The summed E-state index contributed by atoms with van der Waals surface area (Å²) >= 11 is 1.06. The van der Waals surface area contributed by atoms with Crippen molar-refractivity contribution in [3.05, 3.63) is 18.2 Å². The van der Waals surface area contributed by atoms with Gasteiger partial charge in [-0.05, 0) is 12.1 Å². The maximum absolute atomic E-state index is 12.1. The average molecular weight is 349 g/mol. The molecule has 2 aliphatic rings. The van der Waals surface area contributed by atoms with E-state index in [0.717, 1.165) is 11.8 Å². The van der Waals surface area contributed by atoms with Gasteiger partial charge in [0.05, 0.1) is 0 Å². The Kier molecular flexibility index (Phi) is 4.56. The van der Waals surface area contributed by atoms with E-state index in [9.17, 15) is 9.59 Å². The molecule has 0 bridgehead atoms. The number of carbonyl (C=O) groups excluding carboxylic acids is 2. The number of guanidine groups is 1. The van der Waals surface area contributed by atoms with Gasteiger partial charge in [0, 0.05) is 18.2 Å². The Bertz CT molecular complexity index is 745. The Morgan fingerprint density at radius 2 is 2.08 bits per heavy atom. The molecule has 5 N–H and O–H groups in total. The van der Waals surface area contributed by atoms with E-state index in [2.05, 4.69) is 15.3 Å². The van der Waals surface area contributed by atoms with Crippen molar-refractivity contribution in [2.24, 2.45) is 21.5 Å². The first-order valence-electron chi connectivity index (χ1n) is 7.09. The van der Waals surface area contributed by atoms with E-state index in [1.165, 1.54) is 0 Å². The van der Waals surface area contributed by atoms with Gasteiger partial charge in [0.2, 0.25) is 5.91 Å². The number of nitrogens with one attached hydrogen (secondary N) is 1. The third-order valence-corrected chi connectivity index (χ3v) is 4.20. The normalized spacial score (nSPS) is 18.8. The first-order valence-corrected chi connectivity index (χ1v) is 7.97. The largest absolute Gasteiger partial charge is 0.486 e. The van der Waals surface area contributed by atoms with Gasteiger partial charge < -0.3 is 26.3 Å². The average Bonchev–Trinajstić information content (AvgIpc) is 2.85. The molecule has 1 aromatic carbocycles. The van der Waals surface area contributed by atoms with Crippen molar-refractivity contribution in [1.29, 1.82) is 0 Å². The molecule has 0 radical (unpaired) electrons. The summed E-state index contributed by atoms with van der Waals surface area (Å²) in [6.45, 7) is 0.959. The van der Waals surface area contributed by atoms with E-state index in [0.29, 0.717) is 30.4 Å². The predicted molar refractivity (Wildman–Crippen MR) is 90.3 cm³/mol. The van der Waals surface area contributed by atoms with E-state index in [1.54, 1.807) is 18.2 Å². The number of thioether (sulfide) groups is 1. The van der Waals surface area contributed by atoms with Gasteiger partial charge in [-0.25, -0.2) is 0 Å². The molecule has 24 heavy (non-hydrogen) atoms. The van der Waals surface area contributed by atoms with Crippen LogP contribution in [0.25, 0.3) is 0 Å². The second-order valence-electron chi connectivity index (χ2n) is 4.99. The van der Waals surface area contributed by atoms with Crippen LogP contribution in [-0.2, 0) is 9.59 Å². The minimum Gasteiger partial charge on any atom is -0.486 e. The molecule has 9 nitrogen and oxygen atoms in total. The fourth-order valence-electron chi connectivity index (χ4n) is 2.16. The zero-order chi connectivity index (χ0) is 17.1. The predicted octanol–water partition coefficient (Wildman–Crippen LogP) is 0.0578. The van der Waals surface area contributed by atoms with Crippen molar-refractivity contribution < 1.29 is 19.1 Å². The zero-order valence-electron chi connectivity index (χ0n) is 12.5. The number of amidine groups is 1. The van der Waals surface area contributed by atoms with Crippen LogP contribution in [0.2, 0.25) is 0 Å². The summed E-state index contributed by atoms with van der Waals surface area (Å²) < 4.78 is 10.9. The monoisotopic (exact) mass is 349 g/mol. The van der Waals surface area contributed by atoms with Gasteiger partial charge in [-0.3, -0.25) is 9.59 Å². The highest BCUT2D eigenvalue weighted by atomic mass is 32.2. The molecule has 1 aromatic rings. The number of anilines is 1. The number of nitrogens with zero attached hydrogens (tertiary/aromatic N) is 2. The maximum Gasteiger partial charge on any atom is 0.262 e. The van der Waals surface area contributed by atoms with E-state index >= 15 is 0 Å². The van der Waals surface area contributed by atoms with Gasteiger partial charge in [0.25, 0.3) is 5.91 Å². The number of hydrogen-bond donors (Lipinski definition) is 3. The Balaban J connectivity index is 1.59. The van der Waals surface area contributed by atoms with Gasteiger partial charge in [-0.1, -0.05) is 11.8 Å². The van der Waals surface area contributed by atoms with Gasteiger partial charge in [-0.2, -0.15) is 9.98 Å². The lowest BCUT2D eigenvalue weighted by Gasteiger charge is -2.19.